The van der Waals surface area contributed by atoms with Gasteiger partial charge in [-0.25, -0.2) is 4.98 Å². The molecule has 1 aromatic rings. The van der Waals surface area contributed by atoms with Gasteiger partial charge in [-0.05, 0) is 19.8 Å². The van der Waals surface area contributed by atoms with Gasteiger partial charge in [0.05, 0.1) is 23.9 Å². The average molecular weight is 217 g/mol. The lowest BCUT2D eigenvalue weighted by molar-refractivity contribution is 0.420. The molecule has 0 atom stereocenters. The maximum atomic E-state index is 8.80. The van der Waals surface area contributed by atoms with Gasteiger partial charge in [-0.2, -0.15) is 5.26 Å². The third-order valence-electron chi connectivity index (χ3n) is 3.67. The van der Waals surface area contributed by atoms with E-state index in [9.17, 15) is 0 Å². The molecule has 0 unspecified atom stereocenters. The number of imidazole rings is 1. The first-order chi connectivity index (χ1) is 7.74. The van der Waals surface area contributed by atoms with Crippen LogP contribution in [0.1, 0.15) is 55.2 Å². The molecule has 3 nitrogen and oxygen atoms in total. The molecule has 1 fully saturated rings. The summed E-state index contributed by atoms with van der Waals surface area (Å²) < 4.78 is 2.15. The zero-order chi connectivity index (χ0) is 11.5. The third-order valence-corrected chi connectivity index (χ3v) is 3.67. The Kier molecular flexibility index (Phi) is 3.28. The minimum atomic E-state index is 0.474. The number of hydrogen-bond donors (Lipinski definition) is 0. The summed E-state index contributed by atoms with van der Waals surface area (Å²) in [4.78, 5) is 4.66. The van der Waals surface area contributed by atoms with Gasteiger partial charge in [-0.1, -0.05) is 19.3 Å². The lowest BCUT2D eigenvalue weighted by Gasteiger charge is -2.21. The molecule has 1 aliphatic carbocycles. The Bertz CT molecular complexity index is 406. The van der Waals surface area contributed by atoms with E-state index < -0.39 is 0 Å². The monoisotopic (exact) mass is 217 g/mol. The predicted molar refractivity (Wildman–Crippen MR) is 63.1 cm³/mol. The second kappa shape index (κ2) is 4.69. The van der Waals surface area contributed by atoms with Crippen LogP contribution in [0.3, 0.4) is 0 Å². The first kappa shape index (κ1) is 11.2. The molecule has 1 aromatic heterocycles. The first-order valence-electron chi connectivity index (χ1n) is 6.13. The van der Waals surface area contributed by atoms with Crippen LogP contribution < -0.4 is 0 Å². The van der Waals surface area contributed by atoms with Gasteiger partial charge in [0.15, 0.2) is 0 Å². The smallest absolute Gasteiger partial charge is 0.112 e. The fourth-order valence-corrected chi connectivity index (χ4v) is 2.74. The molecule has 0 aromatic carbocycles. The number of rotatable bonds is 2. The normalized spacial score (nSPS) is 17.3. The average Bonchev–Trinajstić information content (AvgIpc) is 2.59. The van der Waals surface area contributed by atoms with Crippen LogP contribution in [0.5, 0.6) is 0 Å². The van der Waals surface area contributed by atoms with E-state index >= 15 is 0 Å². The van der Waals surface area contributed by atoms with Crippen LogP contribution >= 0.6 is 0 Å². The molecular formula is C13H19N3. The number of aromatic nitrogens is 2. The molecule has 0 saturated heterocycles. The molecule has 2 rings (SSSR count). The van der Waals surface area contributed by atoms with E-state index in [4.69, 9.17) is 5.26 Å². The summed E-state index contributed by atoms with van der Waals surface area (Å²) >= 11 is 0. The topological polar surface area (TPSA) is 41.6 Å². The molecule has 86 valence electrons. The minimum absolute atomic E-state index is 0.474. The molecule has 1 aliphatic rings. The lowest BCUT2D eigenvalue weighted by atomic mass is 9.89. The standard InChI is InChI=1S/C13H19N3/c1-10-12(8-9-14)16(2)13(15-10)11-6-4-3-5-7-11/h11H,3-8H2,1-2H3. The molecule has 0 bridgehead atoms. The molecule has 16 heavy (non-hydrogen) atoms. The second-order valence-corrected chi connectivity index (χ2v) is 4.73. The van der Waals surface area contributed by atoms with Crippen LogP contribution in [0, 0.1) is 18.3 Å². The molecule has 0 spiro atoms. The summed E-state index contributed by atoms with van der Waals surface area (Å²) in [6, 6.07) is 2.22. The first-order valence-corrected chi connectivity index (χ1v) is 6.13. The Morgan fingerprint density at radius 3 is 2.69 bits per heavy atom. The van der Waals surface area contributed by atoms with Crippen LogP contribution in [0.4, 0.5) is 0 Å². The summed E-state index contributed by atoms with van der Waals surface area (Å²) in [6.07, 6.45) is 7.01. The Labute approximate surface area is 97.1 Å². The van der Waals surface area contributed by atoms with Crippen LogP contribution in [0.25, 0.3) is 0 Å². The highest BCUT2D eigenvalue weighted by molar-refractivity contribution is 5.21. The van der Waals surface area contributed by atoms with Gasteiger partial charge in [0.25, 0.3) is 0 Å². The summed E-state index contributed by atoms with van der Waals surface area (Å²) in [5.41, 5.74) is 2.12. The zero-order valence-electron chi connectivity index (χ0n) is 10.2. The van der Waals surface area contributed by atoms with Crippen molar-refractivity contribution < 1.29 is 0 Å². The van der Waals surface area contributed by atoms with Crippen molar-refractivity contribution in [2.24, 2.45) is 7.05 Å². The van der Waals surface area contributed by atoms with Crippen LogP contribution in [0.2, 0.25) is 0 Å². The van der Waals surface area contributed by atoms with E-state index in [1.54, 1.807) is 0 Å². The van der Waals surface area contributed by atoms with Crippen molar-refractivity contribution in [1.29, 1.82) is 5.26 Å². The van der Waals surface area contributed by atoms with Crippen molar-refractivity contribution in [3.8, 4) is 6.07 Å². The van der Waals surface area contributed by atoms with Crippen molar-refractivity contribution in [2.75, 3.05) is 0 Å². The van der Waals surface area contributed by atoms with E-state index in [0.717, 1.165) is 11.4 Å². The number of aryl methyl sites for hydroxylation is 1. The number of nitriles is 1. The number of hydrogen-bond acceptors (Lipinski definition) is 2. The zero-order valence-corrected chi connectivity index (χ0v) is 10.2. The largest absolute Gasteiger partial charge is 0.334 e. The van der Waals surface area contributed by atoms with Gasteiger partial charge in [-0.3, -0.25) is 0 Å². The molecule has 1 saturated carbocycles. The summed E-state index contributed by atoms with van der Waals surface area (Å²) in [5, 5.41) is 8.80. The van der Waals surface area contributed by atoms with Crippen LogP contribution in [-0.2, 0) is 13.5 Å². The number of nitrogens with zero attached hydrogens (tertiary/aromatic N) is 3. The van der Waals surface area contributed by atoms with Crippen molar-refractivity contribution in [2.45, 2.75) is 51.4 Å². The quantitative estimate of drug-likeness (QED) is 0.764. The Balaban J connectivity index is 2.27. The lowest BCUT2D eigenvalue weighted by Crippen LogP contribution is -2.11. The minimum Gasteiger partial charge on any atom is -0.334 e. The van der Waals surface area contributed by atoms with Gasteiger partial charge in [-0.15, -0.1) is 0 Å². The van der Waals surface area contributed by atoms with Gasteiger partial charge in [0.2, 0.25) is 0 Å². The second-order valence-electron chi connectivity index (χ2n) is 4.73. The SMILES string of the molecule is Cc1nc(C2CCCCC2)n(C)c1CC#N. The van der Waals surface area contributed by atoms with Crippen molar-refractivity contribution >= 4 is 0 Å². The van der Waals surface area contributed by atoms with E-state index in [1.165, 1.54) is 37.9 Å². The predicted octanol–water partition coefficient (Wildman–Crippen LogP) is 2.84. The highest BCUT2D eigenvalue weighted by Gasteiger charge is 2.22. The molecule has 1 heterocycles. The Hall–Kier alpha value is -1.30. The van der Waals surface area contributed by atoms with Crippen molar-refractivity contribution in [3.63, 3.8) is 0 Å². The Morgan fingerprint density at radius 2 is 2.06 bits per heavy atom. The van der Waals surface area contributed by atoms with Crippen LogP contribution in [-0.4, -0.2) is 9.55 Å². The molecule has 0 N–H and O–H groups in total. The summed E-state index contributed by atoms with van der Waals surface area (Å²) in [5.74, 6) is 1.81. The molecule has 0 amide bonds. The van der Waals surface area contributed by atoms with Crippen molar-refractivity contribution in [1.82, 2.24) is 9.55 Å². The molecule has 0 aliphatic heterocycles. The maximum absolute atomic E-state index is 8.80. The fraction of sp³-hybridized carbons (Fsp3) is 0.692. The van der Waals surface area contributed by atoms with E-state index in [0.29, 0.717) is 12.3 Å². The molecule has 0 radical (unpaired) electrons. The van der Waals surface area contributed by atoms with Gasteiger partial charge >= 0.3 is 0 Å². The van der Waals surface area contributed by atoms with Crippen molar-refractivity contribution in [3.05, 3.63) is 17.2 Å². The summed E-state index contributed by atoms with van der Waals surface area (Å²) in [6.45, 7) is 2.01. The fourth-order valence-electron chi connectivity index (χ4n) is 2.74. The van der Waals surface area contributed by atoms with E-state index in [-0.39, 0.29) is 0 Å². The van der Waals surface area contributed by atoms with Gasteiger partial charge in [0.1, 0.15) is 5.82 Å². The van der Waals surface area contributed by atoms with E-state index in [1.807, 2.05) is 6.92 Å². The third kappa shape index (κ3) is 1.97. The maximum Gasteiger partial charge on any atom is 0.112 e. The van der Waals surface area contributed by atoms with Gasteiger partial charge in [0, 0.05) is 13.0 Å². The van der Waals surface area contributed by atoms with E-state index in [2.05, 4.69) is 22.7 Å². The highest BCUT2D eigenvalue weighted by Crippen LogP contribution is 2.32. The highest BCUT2D eigenvalue weighted by atomic mass is 15.1. The Morgan fingerprint density at radius 1 is 1.38 bits per heavy atom. The molecule has 3 heteroatoms. The molecular weight excluding hydrogens is 198 g/mol. The summed E-state index contributed by atoms with van der Waals surface area (Å²) in [7, 11) is 2.05. The van der Waals surface area contributed by atoms with Crippen LogP contribution in [0.15, 0.2) is 0 Å². The van der Waals surface area contributed by atoms with Gasteiger partial charge < -0.3 is 4.57 Å².